The van der Waals surface area contributed by atoms with Crippen molar-refractivity contribution in [3.05, 3.63) is 63.6 Å². The van der Waals surface area contributed by atoms with Gasteiger partial charge in [0.25, 0.3) is 0 Å². The van der Waals surface area contributed by atoms with Crippen LogP contribution in [0.5, 0.6) is 0 Å². The first-order chi connectivity index (χ1) is 13.5. The molecule has 0 aliphatic carbocycles. The standard InChI is InChI=1S/C22H28BrN3O2/c1-16-7-8-21(20(23)13-16)25-22(27)17(2)24-14-18-5-3-4-6-19(18)15-26-9-11-28-12-10-26/h3-8,13,17,24H,9-12,14-15H2,1-2H3,(H,25,27). The minimum absolute atomic E-state index is 0.0461. The van der Waals surface area contributed by atoms with E-state index in [-0.39, 0.29) is 11.9 Å². The van der Waals surface area contributed by atoms with Gasteiger partial charge in [0, 0.05) is 30.7 Å². The molecule has 1 saturated heterocycles. The number of carbonyl (C=O) groups is 1. The summed E-state index contributed by atoms with van der Waals surface area (Å²) in [6.07, 6.45) is 0. The van der Waals surface area contributed by atoms with Gasteiger partial charge in [0.15, 0.2) is 0 Å². The van der Waals surface area contributed by atoms with E-state index in [0.29, 0.717) is 6.54 Å². The summed E-state index contributed by atoms with van der Waals surface area (Å²) in [5.74, 6) is -0.0461. The number of amides is 1. The minimum atomic E-state index is -0.301. The number of hydrogen-bond acceptors (Lipinski definition) is 4. The van der Waals surface area contributed by atoms with Crippen LogP contribution < -0.4 is 10.6 Å². The monoisotopic (exact) mass is 445 g/mol. The number of benzene rings is 2. The molecule has 1 amide bonds. The molecule has 0 aromatic heterocycles. The Morgan fingerprint density at radius 2 is 1.89 bits per heavy atom. The number of nitrogens with one attached hydrogen (secondary N) is 2. The molecule has 28 heavy (non-hydrogen) atoms. The van der Waals surface area contributed by atoms with Crippen LogP contribution in [-0.2, 0) is 22.6 Å². The summed E-state index contributed by atoms with van der Waals surface area (Å²) >= 11 is 3.51. The largest absolute Gasteiger partial charge is 0.379 e. The maximum absolute atomic E-state index is 12.6. The fourth-order valence-electron chi connectivity index (χ4n) is 3.20. The van der Waals surface area contributed by atoms with Crippen molar-refractivity contribution in [3.8, 4) is 0 Å². The number of hydrogen-bond donors (Lipinski definition) is 2. The summed E-state index contributed by atoms with van der Waals surface area (Å²) in [5, 5.41) is 6.34. The van der Waals surface area contributed by atoms with E-state index < -0.39 is 0 Å². The van der Waals surface area contributed by atoms with Crippen LogP contribution in [0, 0.1) is 6.92 Å². The van der Waals surface area contributed by atoms with E-state index in [1.807, 2.05) is 38.1 Å². The smallest absolute Gasteiger partial charge is 0.241 e. The lowest BCUT2D eigenvalue weighted by Gasteiger charge is -2.27. The molecule has 5 nitrogen and oxygen atoms in total. The van der Waals surface area contributed by atoms with Gasteiger partial charge in [-0.25, -0.2) is 0 Å². The van der Waals surface area contributed by atoms with E-state index in [0.717, 1.165) is 48.6 Å². The fraction of sp³-hybridized carbons (Fsp3) is 0.409. The molecule has 1 aliphatic rings. The molecule has 1 aliphatic heterocycles. The Balaban J connectivity index is 1.56. The summed E-state index contributed by atoms with van der Waals surface area (Å²) in [4.78, 5) is 15.0. The third-order valence-electron chi connectivity index (χ3n) is 4.99. The average Bonchev–Trinajstić information content (AvgIpc) is 2.70. The molecule has 0 radical (unpaired) electrons. The van der Waals surface area contributed by atoms with Crippen molar-refractivity contribution in [2.24, 2.45) is 0 Å². The van der Waals surface area contributed by atoms with Crippen LogP contribution in [-0.4, -0.2) is 43.2 Å². The zero-order valence-electron chi connectivity index (χ0n) is 16.5. The molecule has 2 aromatic carbocycles. The molecule has 1 atom stereocenters. The maximum Gasteiger partial charge on any atom is 0.241 e. The van der Waals surface area contributed by atoms with Crippen molar-refractivity contribution >= 4 is 27.5 Å². The van der Waals surface area contributed by atoms with Crippen LogP contribution in [0.2, 0.25) is 0 Å². The Morgan fingerprint density at radius 1 is 1.18 bits per heavy atom. The Hall–Kier alpha value is -1.73. The van der Waals surface area contributed by atoms with Gasteiger partial charge in [-0.15, -0.1) is 0 Å². The molecule has 6 heteroatoms. The van der Waals surface area contributed by atoms with Gasteiger partial charge >= 0.3 is 0 Å². The lowest BCUT2D eigenvalue weighted by molar-refractivity contribution is -0.117. The molecule has 2 aromatic rings. The zero-order valence-corrected chi connectivity index (χ0v) is 18.1. The topological polar surface area (TPSA) is 53.6 Å². The van der Waals surface area contributed by atoms with Gasteiger partial charge < -0.3 is 15.4 Å². The number of aryl methyl sites for hydroxylation is 1. The van der Waals surface area contributed by atoms with Crippen LogP contribution in [0.1, 0.15) is 23.6 Å². The highest BCUT2D eigenvalue weighted by atomic mass is 79.9. The molecule has 0 saturated carbocycles. The number of nitrogens with zero attached hydrogens (tertiary/aromatic N) is 1. The second kappa shape index (κ2) is 10.2. The van der Waals surface area contributed by atoms with Gasteiger partial charge in [-0.1, -0.05) is 30.3 Å². The van der Waals surface area contributed by atoms with Crippen molar-refractivity contribution in [1.82, 2.24) is 10.2 Å². The first-order valence-corrected chi connectivity index (χ1v) is 10.5. The normalized spacial score (nSPS) is 16.0. The lowest BCUT2D eigenvalue weighted by atomic mass is 10.1. The molecule has 0 spiro atoms. The van der Waals surface area contributed by atoms with E-state index in [4.69, 9.17) is 4.74 Å². The fourth-order valence-corrected chi connectivity index (χ4v) is 3.80. The van der Waals surface area contributed by atoms with E-state index in [1.165, 1.54) is 11.1 Å². The summed E-state index contributed by atoms with van der Waals surface area (Å²) in [6, 6.07) is 14.0. The van der Waals surface area contributed by atoms with Gasteiger partial charge in [0.2, 0.25) is 5.91 Å². The molecule has 3 rings (SSSR count). The SMILES string of the molecule is Cc1ccc(NC(=O)C(C)NCc2ccccc2CN2CCOCC2)c(Br)c1. The van der Waals surface area contributed by atoms with E-state index in [2.05, 4.69) is 49.7 Å². The Labute approximate surface area is 175 Å². The van der Waals surface area contributed by atoms with Gasteiger partial charge in [-0.2, -0.15) is 0 Å². The van der Waals surface area contributed by atoms with E-state index in [1.54, 1.807) is 0 Å². The predicted octanol–water partition coefficient (Wildman–Crippen LogP) is 3.71. The number of morpholine rings is 1. The third-order valence-corrected chi connectivity index (χ3v) is 5.65. The molecular formula is C22H28BrN3O2. The van der Waals surface area contributed by atoms with E-state index >= 15 is 0 Å². The zero-order chi connectivity index (χ0) is 19.9. The second-order valence-electron chi connectivity index (χ2n) is 7.23. The Morgan fingerprint density at radius 3 is 2.61 bits per heavy atom. The van der Waals surface area contributed by atoms with E-state index in [9.17, 15) is 4.79 Å². The summed E-state index contributed by atoms with van der Waals surface area (Å²) in [6.45, 7) is 9.01. The highest BCUT2D eigenvalue weighted by Crippen LogP contribution is 2.23. The highest BCUT2D eigenvalue weighted by molar-refractivity contribution is 9.10. The number of ether oxygens (including phenoxy) is 1. The molecule has 1 unspecified atom stereocenters. The Bertz CT molecular complexity index is 806. The predicted molar refractivity (Wildman–Crippen MR) is 116 cm³/mol. The van der Waals surface area contributed by atoms with Gasteiger partial charge in [0.05, 0.1) is 24.9 Å². The quantitative estimate of drug-likeness (QED) is 0.681. The van der Waals surface area contributed by atoms with Crippen LogP contribution in [0.4, 0.5) is 5.69 Å². The van der Waals surface area contributed by atoms with Crippen LogP contribution in [0.25, 0.3) is 0 Å². The molecule has 1 fully saturated rings. The van der Waals surface area contributed by atoms with Crippen molar-refractivity contribution in [2.75, 3.05) is 31.6 Å². The van der Waals surface area contributed by atoms with Crippen molar-refractivity contribution < 1.29 is 9.53 Å². The van der Waals surface area contributed by atoms with Crippen LogP contribution in [0.15, 0.2) is 46.9 Å². The van der Waals surface area contributed by atoms with Gasteiger partial charge in [-0.05, 0) is 58.6 Å². The molecule has 2 N–H and O–H groups in total. The highest BCUT2D eigenvalue weighted by Gasteiger charge is 2.16. The van der Waals surface area contributed by atoms with Gasteiger partial charge in [0.1, 0.15) is 0 Å². The lowest BCUT2D eigenvalue weighted by Crippen LogP contribution is -2.38. The van der Waals surface area contributed by atoms with Crippen molar-refractivity contribution in [1.29, 1.82) is 0 Å². The molecule has 0 bridgehead atoms. The second-order valence-corrected chi connectivity index (χ2v) is 8.09. The van der Waals surface area contributed by atoms with Crippen molar-refractivity contribution in [3.63, 3.8) is 0 Å². The van der Waals surface area contributed by atoms with Crippen molar-refractivity contribution in [2.45, 2.75) is 33.0 Å². The number of anilines is 1. The first-order valence-electron chi connectivity index (χ1n) is 9.70. The minimum Gasteiger partial charge on any atom is -0.379 e. The molecule has 150 valence electrons. The summed E-state index contributed by atoms with van der Waals surface area (Å²) < 4.78 is 6.33. The number of carbonyl (C=O) groups excluding carboxylic acids is 1. The Kier molecular flexibility index (Phi) is 7.62. The molecular weight excluding hydrogens is 418 g/mol. The number of rotatable bonds is 7. The molecule has 1 heterocycles. The van der Waals surface area contributed by atoms with Gasteiger partial charge in [-0.3, -0.25) is 9.69 Å². The number of halogens is 1. The van der Waals surface area contributed by atoms with Crippen LogP contribution >= 0.6 is 15.9 Å². The summed E-state index contributed by atoms with van der Waals surface area (Å²) in [7, 11) is 0. The average molecular weight is 446 g/mol. The summed E-state index contributed by atoms with van der Waals surface area (Å²) in [5.41, 5.74) is 4.46. The maximum atomic E-state index is 12.6. The first kappa shape index (κ1) is 21.0. The third kappa shape index (κ3) is 5.88. The van der Waals surface area contributed by atoms with Crippen LogP contribution in [0.3, 0.4) is 0 Å².